The highest BCUT2D eigenvalue weighted by atomic mass is 15.0. The second-order valence-corrected chi connectivity index (χ2v) is 1.14. The Morgan fingerprint density at radius 2 is 2.14 bits per heavy atom. The minimum Gasteiger partial charge on any atom is -0.344 e. The second kappa shape index (κ2) is 5.32. The van der Waals surface area contributed by atoms with E-state index in [9.17, 15) is 0 Å². The Bertz CT molecular complexity index is 63.0. The monoisotopic (exact) mass is 100 g/mol. The number of hydrogen-bond donors (Lipinski definition) is 1. The van der Waals surface area contributed by atoms with Gasteiger partial charge in [0.2, 0.25) is 0 Å². The fraction of sp³-hybridized carbons (Fsp3) is 0.600. The summed E-state index contributed by atoms with van der Waals surface area (Å²) in [6.45, 7) is 2.94. The van der Waals surface area contributed by atoms with Crippen LogP contribution in [0.4, 0.5) is 0 Å². The fourth-order valence-corrected chi connectivity index (χ4v) is 0.0913. The molecule has 0 saturated carbocycles. The molecule has 0 spiro atoms. The lowest BCUT2D eigenvalue weighted by atomic mass is 10.7. The van der Waals surface area contributed by atoms with Gasteiger partial charge in [-0.3, -0.25) is 0 Å². The van der Waals surface area contributed by atoms with Crippen molar-refractivity contribution in [1.82, 2.24) is 11.1 Å². The average Bonchev–Trinajstić information content (AvgIpc) is 1.65. The minimum absolute atomic E-state index is 0. The van der Waals surface area contributed by atoms with E-state index in [4.69, 9.17) is 6.42 Å². The maximum absolute atomic E-state index is 4.96. The van der Waals surface area contributed by atoms with Crippen molar-refractivity contribution in [2.75, 3.05) is 13.6 Å². The van der Waals surface area contributed by atoms with Gasteiger partial charge in [0.1, 0.15) is 0 Å². The summed E-state index contributed by atoms with van der Waals surface area (Å²) in [4.78, 5) is 1.78. The highest BCUT2D eigenvalue weighted by Gasteiger charge is 1.75. The number of rotatable bonds is 1. The molecule has 0 aromatic carbocycles. The van der Waals surface area contributed by atoms with Crippen LogP contribution in [0.1, 0.15) is 6.92 Å². The van der Waals surface area contributed by atoms with E-state index in [1.807, 2.05) is 14.0 Å². The number of hydrogen-bond acceptors (Lipinski definition) is 2. The average molecular weight is 100 g/mol. The van der Waals surface area contributed by atoms with Crippen molar-refractivity contribution >= 4 is 0 Å². The zero-order chi connectivity index (χ0) is 4.99. The van der Waals surface area contributed by atoms with E-state index in [-0.39, 0.29) is 6.15 Å². The molecule has 0 unspecified atom stereocenters. The standard InChI is InChI=1S/C5H9N.H3N/c1-4-6(3)5-2;/h1H,5H2,2-3H3;1H3. The van der Waals surface area contributed by atoms with Crippen molar-refractivity contribution in [2.45, 2.75) is 6.92 Å². The summed E-state index contributed by atoms with van der Waals surface area (Å²) in [5, 5.41) is 0. The molecule has 0 atom stereocenters. The summed E-state index contributed by atoms with van der Waals surface area (Å²) in [5.41, 5.74) is 0. The van der Waals surface area contributed by atoms with Crippen molar-refractivity contribution in [3.8, 4) is 12.5 Å². The normalized spacial score (nSPS) is 5.86. The third-order valence-electron chi connectivity index (χ3n) is 0.695. The van der Waals surface area contributed by atoms with Gasteiger partial charge < -0.3 is 11.1 Å². The molecule has 0 fully saturated rings. The molecule has 0 aliphatic heterocycles. The SMILES string of the molecule is C#CN(C)CC.N. The van der Waals surface area contributed by atoms with Gasteiger partial charge in [-0.1, -0.05) is 6.42 Å². The van der Waals surface area contributed by atoms with E-state index in [0.29, 0.717) is 0 Å². The first-order valence-corrected chi connectivity index (χ1v) is 1.98. The van der Waals surface area contributed by atoms with E-state index in [1.54, 1.807) is 4.90 Å². The van der Waals surface area contributed by atoms with Crippen molar-refractivity contribution in [2.24, 2.45) is 0 Å². The van der Waals surface area contributed by atoms with Crippen molar-refractivity contribution in [1.29, 1.82) is 0 Å². The van der Waals surface area contributed by atoms with Crippen LogP contribution in [-0.4, -0.2) is 18.5 Å². The molecule has 0 aromatic rings. The van der Waals surface area contributed by atoms with Crippen LogP contribution in [0, 0.1) is 12.5 Å². The molecule has 2 nitrogen and oxygen atoms in total. The maximum atomic E-state index is 4.96. The Hall–Kier alpha value is -0.680. The first-order valence-electron chi connectivity index (χ1n) is 1.98. The first kappa shape index (κ1) is 9.58. The van der Waals surface area contributed by atoms with Crippen LogP contribution < -0.4 is 6.15 Å². The zero-order valence-electron chi connectivity index (χ0n) is 4.94. The minimum atomic E-state index is 0. The van der Waals surface area contributed by atoms with Crippen LogP contribution in [0.25, 0.3) is 0 Å². The van der Waals surface area contributed by atoms with Gasteiger partial charge in [-0.25, -0.2) is 0 Å². The highest BCUT2D eigenvalue weighted by molar-refractivity contribution is 4.80. The summed E-state index contributed by atoms with van der Waals surface area (Å²) in [6, 6.07) is 2.45. The van der Waals surface area contributed by atoms with Crippen molar-refractivity contribution < 1.29 is 0 Å². The van der Waals surface area contributed by atoms with E-state index in [0.717, 1.165) is 6.54 Å². The van der Waals surface area contributed by atoms with Gasteiger partial charge in [-0.05, 0) is 6.92 Å². The topological polar surface area (TPSA) is 38.2 Å². The molecule has 42 valence electrons. The molecule has 0 aromatic heterocycles. The van der Waals surface area contributed by atoms with Gasteiger partial charge in [-0.2, -0.15) is 0 Å². The van der Waals surface area contributed by atoms with Crippen LogP contribution in [0.3, 0.4) is 0 Å². The third-order valence-corrected chi connectivity index (χ3v) is 0.695. The molecule has 0 amide bonds. The van der Waals surface area contributed by atoms with Gasteiger partial charge in [0.15, 0.2) is 0 Å². The van der Waals surface area contributed by atoms with Gasteiger partial charge in [0, 0.05) is 19.6 Å². The first-order chi connectivity index (χ1) is 2.81. The van der Waals surface area contributed by atoms with Crippen LogP contribution in [0.5, 0.6) is 0 Å². The molecule has 7 heavy (non-hydrogen) atoms. The van der Waals surface area contributed by atoms with Crippen LogP contribution in [0.2, 0.25) is 0 Å². The lowest BCUT2D eigenvalue weighted by Crippen LogP contribution is -2.08. The van der Waals surface area contributed by atoms with E-state index >= 15 is 0 Å². The molecule has 0 aliphatic rings. The molecule has 2 heteroatoms. The van der Waals surface area contributed by atoms with Gasteiger partial charge in [0.25, 0.3) is 0 Å². The summed E-state index contributed by atoms with van der Waals surface area (Å²) >= 11 is 0. The Balaban J connectivity index is 0. The molecule has 0 saturated heterocycles. The summed E-state index contributed by atoms with van der Waals surface area (Å²) in [7, 11) is 1.88. The Morgan fingerprint density at radius 1 is 1.71 bits per heavy atom. The summed E-state index contributed by atoms with van der Waals surface area (Å²) in [5.74, 6) is 0. The van der Waals surface area contributed by atoms with Gasteiger partial charge in [-0.15, -0.1) is 0 Å². The highest BCUT2D eigenvalue weighted by Crippen LogP contribution is 1.69. The molecule has 0 aliphatic carbocycles. The summed E-state index contributed by atoms with van der Waals surface area (Å²) < 4.78 is 0. The quantitative estimate of drug-likeness (QED) is 0.389. The Morgan fingerprint density at radius 3 is 2.14 bits per heavy atom. The van der Waals surface area contributed by atoms with E-state index in [2.05, 4.69) is 6.04 Å². The largest absolute Gasteiger partial charge is 0.344 e. The third kappa shape index (κ3) is 5.32. The van der Waals surface area contributed by atoms with Crippen molar-refractivity contribution in [3.63, 3.8) is 0 Å². The van der Waals surface area contributed by atoms with E-state index in [1.165, 1.54) is 0 Å². The molecular formula is C5H12N2. The van der Waals surface area contributed by atoms with Gasteiger partial charge >= 0.3 is 0 Å². The molecule has 3 N–H and O–H groups in total. The molecule has 0 bridgehead atoms. The summed E-state index contributed by atoms with van der Waals surface area (Å²) in [6.07, 6.45) is 4.96. The van der Waals surface area contributed by atoms with Crippen LogP contribution in [-0.2, 0) is 0 Å². The van der Waals surface area contributed by atoms with Gasteiger partial charge in [0.05, 0.1) is 0 Å². The second-order valence-electron chi connectivity index (χ2n) is 1.14. The zero-order valence-corrected chi connectivity index (χ0v) is 4.94. The van der Waals surface area contributed by atoms with Crippen LogP contribution >= 0.6 is 0 Å². The lowest BCUT2D eigenvalue weighted by molar-refractivity contribution is 0.513. The predicted octanol–water partition coefficient (Wildman–Crippen LogP) is 0.691. The lowest BCUT2D eigenvalue weighted by Gasteiger charge is -2.02. The Kier molecular flexibility index (Phi) is 7.28. The predicted molar refractivity (Wildman–Crippen MR) is 32.2 cm³/mol. The number of terminal acetylenes is 1. The fourth-order valence-electron chi connectivity index (χ4n) is 0.0913. The van der Waals surface area contributed by atoms with Crippen LogP contribution in [0.15, 0.2) is 0 Å². The van der Waals surface area contributed by atoms with E-state index < -0.39 is 0 Å². The molecule has 0 heterocycles. The Labute approximate surface area is 45.1 Å². The maximum Gasteiger partial charge on any atom is 0.0228 e. The number of nitrogens with zero attached hydrogens (tertiary/aromatic N) is 1. The molecule has 0 rings (SSSR count). The molecule has 0 radical (unpaired) electrons. The molecular weight excluding hydrogens is 88.1 g/mol. The smallest absolute Gasteiger partial charge is 0.0228 e. The van der Waals surface area contributed by atoms with Crippen molar-refractivity contribution in [3.05, 3.63) is 0 Å².